The van der Waals surface area contributed by atoms with Crippen molar-refractivity contribution < 1.29 is 22.6 Å². The molecule has 2 heterocycles. The maximum absolute atomic E-state index is 13.0. The van der Waals surface area contributed by atoms with Crippen LogP contribution in [0.3, 0.4) is 0 Å². The summed E-state index contributed by atoms with van der Waals surface area (Å²) in [5, 5.41) is 0. The minimum absolute atomic E-state index is 0.101. The molecule has 0 radical (unpaired) electrons. The predicted molar refractivity (Wildman–Crippen MR) is 98.5 cm³/mol. The Morgan fingerprint density at radius 2 is 1.78 bits per heavy atom. The van der Waals surface area contributed by atoms with Gasteiger partial charge in [-0.1, -0.05) is 20.8 Å². The second kappa shape index (κ2) is 8.63. The van der Waals surface area contributed by atoms with E-state index in [0.29, 0.717) is 30.1 Å². The lowest BCUT2D eigenvalue weighted by Crippen LogP contribution is -2.40. The first-order valence-electron chi connectivity index (χ1n) is 9.04. The van der Waals surface area contributed by atoms with E-state index in [2.05, 4.69) is 28.7 Å². The third-order valence-electron chi connectivity index (χ3n) is 4.72. The molecule has 1 aliphatic heterocycles. The molecular weight excluding hydrogens is 359 g/mol. The summed E-state index contributed by atoms with van der Waals surface area (Å²) in [6.45, 7) is 6.76. The quantitative estimate of drug-likeness (QED) is 0.710. The van der Waals surface area contributed by atoms with Crippen molar-refractivity contribution in [1.82, 2.24) is 9.88 Å². The summed E-state index contributed by atoms with van der Waals surface area (Å²) >= 11 is 0. The van der Waals surface area contributed by atoms with E-state index in [1.54, 1.807) is 7.11 Å². The van der Waals surface area contributed by atoms with Gasteiger partial charge in [0.25, 0.3) is 0 Å². The number of aromatic nitrogens is 1. The minimum atomic E-state index is -4.54. The summed E-state index contributed by atoms with van der Waals surface area (Å²) in [6.07, 6.45) is -1.99. The van der Waals surface area contributed by atoms with Gasteiger partial charge in [-0.15, -0.1) is 0 Å². The van der Waals surface area contributed by atoms with Gasteiger partial charge in [-0.2, -0.15) is 13.2 Å². The maximum atomic E-state index is 13.0. The second-order valence-electron chi connectivity index (χ2n) is 6.21. The van der Waals surface area contributed by atoms with E-state index in [0.717, 1.165) is 24.6 Å². The number of nitrogens with zero attached hydrogens (tertiary/aromatic N) is 3. The van der Waals surface area contributed by atoms with E-state index in [1.807, 2.05) is 6.92 Å². The van der Waals surface area contributed by atoms with E-state index in [1.165, 1.54) is 13.2 Å². The summed E-state index contributed by atoms with van der Waals surface area (Å²) in [7, 11) is 2.85. The van der Waals surface area contributed by atoms with E-state index < -0.39 is 11.9 Å². The highest BCUT2D eigenvalue weighted by molar-refractivity contribution is 5.89. The number of pyridine rings is 1. The van der Waals surface area contributed by atoms with Crippen LogP contribution < -0.4 is 4.74 Å². The molecule has 8 heteroatoms. The topological polar surface area (TPSA) is 47.0 Å². The number of alkyl halides is 3. The summed E-state index contributed by atoms with van der Waals surface area (Å²) in [4.78, 5) is 10.4. The van der Waals surface area contributed by atoms with Crippen LogP contribution in [0.5, 0.6) is 5.88 Å². The molecule has 0 aromatic carbocycles. The van der Waals surface area contributed by atoms with Gasteiger partial charge in [-0.05, 0) is 31.4 Å². The summed E-state index contributed by atoms with van der Waals surface area (Å²) in [5.74, 6) is 0.410. The smallest absolute Gasteiger partial charge is 0.433 e. The molecule has 0 unspecified atom stereocenters. The minimum Gasteiger partial charge on any atom is -0.483 e. The standard InChI is InChI=1S/C19H26F3N3O2/c1-6-12(7-2)25-11-16(26-4)24-17(14(25)8-3)13-9-10-15(19(20,21)22)23-18(13)27-5/h9-10,12H,6-8,11H2,1-5H3. The van der Waals surface area contributed by atoms with Gasteiger partial charge in [0.1, 0.15) is 5.69 Å². The fourth-order valence-electron chi connectivity index (χ4n) is 3.31. The summed E-state index contributed by atoms with van der Waals surface area (Å²) in [5.41, 5.74) is 0.924. The van der Waals surface area contributed by atoms with Gasteiger partial charge in [0, 0.05) is 11.7 Å². The molecule has 1 aromatic rings. The van der Waals surface area contributed by atoms with Crippen LogP contribution in [0.25, 0.3) is 5.70 Å². The van der Waals surface area contributed by atoms with E-state index in [9.17, 15) is 13.2 Å². The zero-order valence-corrected chi connectivity index (χ0v) is 16.4. The van der Waals surface area contributed by atoms with Crippen molar-refractivity contribution in [2.45, 2.75) is 52.3 Å². The predicted octanol–water partition coefficient (Wildman–Crippen LogP) is 4.74. The number of halogens is 3. The third kappa shape index (κ3) is 4.36. The van der Waals surface area contributed by atoms with E-state index in [4.69, 9.17) is 9.47 Å². The molecule has 0 aliphatic carbocycles. The van der Waals surface area contributed by atoms with Crippen LogP contribution in [0.15, 0.2) is 22.8 Å². The van der Waals surface area contributed by atoms with Gasteiger partial charge in [-0.3, -0.25) is 0 Å². The molecule has 0 saturated heterocycles. The molecule has 0 amide bonds. The van der Waals surface area contributed by atoms with Crippen LogP contribution in [-0.4, -0.2) is 42.6 Å². The molecule has 5 nitrogen and oxygen atoms in total. The highest BCUT2D eigenvalue weighted by atomic mass is 19.4. The van der Waals surface area contributed by atoms with Crippen molar-refractivity contribution in [2.24, 2.45) is 4.99 Å². The van der Waals surface area contributed by atoms with Crippen LogP contribution in [0.2, 0.25) is 0 Å². The van der Waals surface area contributed by atoms with Crippen molar-refractivity contribution in [3.05, 3.63) is 29.1 Å². The highest BCUT2D eigenvalue weighted by Crippen LogP contribution is 2.37. The monoisotopic (exact) mass is 385 g/mol. The van der Waals surface area contributed by atoms with E-state index in [-0.39, 0.29) is 11.9 Å². The normalized spacial score (nSPS) is 15.3. The Balaban J connectivity index is 2.65. The number of hydrogen-bond donors (Lipinski definition) is 0. The Hall–Kier alpha value is -2.25. The van der Waals surface area contributed by atoms with Crippen molar-refractivity contribution in [3.8, 4) is 5.88 Å². The summed E-state index contributed by atoms with van der Waals surface area (Å²) in [6, 6.07) is 2.60. The SMILES string of the molecule is CCC1=C(c2ccc(C(F)(F)F)nc2OC)N=C(OC)CN1C(CC)CC. The first-order chi connectivity index (χ1) is 12.8. The van der Waals surface area contributed by atoms with Crippen LogP contribution >= 0.6 is 0 Å². The Morgan fingerprint density at radius 1 is 1.11 bits per heavy atom. The molecule has 1 aromatic heterocycles. The van der Waals surface area contributed by atoms with Gasteiger partial charge in [-0.25, -0.2) is 9.98 Å². The Bertz CT molecular complexity index is 725. The Morgan fingerprint density at radius 3 is 2.26 bits per heavy atom. The number of aliphatic imine (C=N–C) groups is 1. The van der Waals surface area contributed by atoms with Gasteiger partial charge < -0.3 is 14.4 Å². The zero-order valence-electron chi connectivity index (χ0n) is 16.4. The number of allylic oxidation sites excluding steroid dienone is 1. The molecular formula is C19H26F3N3O2. The molecule has 2 rings (SSSR count). The second-order valence-corrected chi connectivity index (χ2v) is 6.21. The molecule has 0 fully saturated rings. The molecule has 0 saturated carbocycles. The number of hydrogen-bond acceptors (Lipinski definition) is 5. The lowest BCUT2D eigenvalue weighted by Gasteiger charge is -2.37. The fourth-order valence-corrected chi connectivity index (χ4v) is 3.31. The van der Waals surface area contributed by atoms with Gasteiger partial charge in [0.2, 0.25) is 11.8 Å². The van der Waals surface area contributed by atoms with Crippen LogP contribution in [-0.2, 0) is 10.9 Å². The van der Waals surface area contributed by atoms with Crippen LogP contribution in [0.4, 0.5) is 13.2 Å². The average Bonchev–Trinajstić information content (AvgIpc) is 2.67. The van der Waals surface area contributed by atoms with Gasteiger partial charge >= 0.3 is 6.18 Å². The van der Waals surface area contributed by atoms with Crippen LogP contribution in [0.1, 0.15) is 51.3 Å². The van der Waals surface area contributed by atoms with Gasteiger partial charge in [0.15, 0.2) is 0 Å². The first kappa shape index (κ1) is 21.1. The lowest BCUT2D eigenvalue weighted by atomic mass is 10.0. The number of ether oxygens (including phenoxy) is 2. The molecule has 0 atom stereocenters. The van der Waals surface area contributed by atoms with Crippen molar-refractivity contribution in [2.75, 3.05) is 20.8 Å². The summed E-state index contributed by atoms with van der Waals surface area (Å²) < 4.78 is 49.6. The zero-order chi connectivity index (χ0) is 20.2. The molecule has 150 valence electrons. The fraction of sp³-hybridized carbons (Fsp3) is 0.579. The van der Waals surface area contributed by atoms with E-state index >= 15 is 0 Å². The molecule has 0 N–H and O–H groups in total. The maximum Gasteiger partial charge on any atom is 0.433 e. The van der Waals surface area contributed by atoms with Crippen molar-refractivity contribution in [3.63, 3.8) is 0 Å². The Labute approximate surface area is 157 Å². The third-order valence-corrected chi connectivity index (χ3v) is 4.72. The number of rotatable bonds is 6. The largest absolute Gasteiger partial charge is 0.483 e. The number of methoxy groups -OCH3 is 2. The molecule has 0 bridgehead atoms. The lowest BCUT2D eigenvalue weighted by molar-refractivity contribution is -0.141. The highest BCUT2D eigenvalue weighted by Gasteiger charge is 2.34. The molecule has 27 heavy (non-hydrogen) atoms. The average molecular weight is 385 g/mol. The molecule has 1 aliphatic rings. The van der Waals surface area contributed by atoms with Crippen molar-refractivity contribution >= 4 is 11.6 Å². The van der Waals surface area contributed by atoms with Crippen molar-refractivity contribution in [1.29, 1.82) is 0 Å². The Kier molecular flexibility index (Phi) is 6.73. The molecule has 0 spiro atoms. The van der Waals surface area contributed by atoms with Crippen LogP contribution in [0, 0.1) is 0 Å². The van der Waals surface area contributed by atoms with Gasteiger partial charge in [0.05, 0.1) is 32.0 Å². The first-order valence-corrected chi connectivity index (χ1v) is 9.04.